The molecule has 0 aliphatic heterocycles. The van der Waals surface area contributed by atoms with Crippen LogP contribution in [0.1, 0.15) is 37.7 Å². The van der Waals surface area contributed by atoms with Gasteiger partial charge in [0.05, 0.1) is 5.69 Å². The van der Waals surface area contributed by atoms with Crippen LogP contribution < -0.4 is 10.6 Å². The lowest BCUT2D eigenvalue weighted by Gasteiger charge is -2.23. The van der Waals surface area contributed by atoms with Gasteiger partial charge in [0.1, 0.15) is 5.82 Å². The molecule has 0 radical (unpaired) electrons. The van der Waals surface area contributed by atoms with Crippen molar-refractivity contribution in [2.75, 3.05) is 10.6 Å². The van der Waals surface area contributed by atoms with Gasteiger partial charge in [0, 0.05) is 41.1 Å². The Kier molecular flexibility index (Phi) is 6.17. The quantitative estimate of drug-likeness (QED) is 0.520. The van der Waals surface area contributed by atoms with Crippen molar-refractivity contribution in [3.05, 3.63) is 64.9 Å². The average Bonchev–Trinajstić information content (AvgIpc) is 2.74. The monoisotopic (exact) mass is 437 g/mol. The minimum atomic E-state index is 0.453. The Morgan fingerprint density at radius 2 is 1.86 bits per heavy atom. The van der Waals surface area contributed by atoms with Crippen molar-refractivity contribution in [2.24, 2.45) is 0 Å². The van der Waals surface area contributed by atoms with Crippen LogP contribution in [0.4, 0.5) is 11.8 Å². The lowest BCUT2D eigenvalue weighted by molar-refractivity contribution is 0.461. The zero-order chi connectivity index (χ0) is 19.2. The molecule has 1 saturated carbocycles. The third-order valence-corrected chi connectivity index (χ3v) is 5.81. The predicted octanol–water partition coefficient (Wildman–Crippen LogP) is 5.66. The zero-order valence-corrected chi connectivity index (χ0v) is 17.3. The third kappa shape index (κ3) is 4.87. The van der Waals surface area contributed by atoms with Crippen LogP contribution in [0.2, 0.25) is 0 Å². The summed E-state index contributed by atoms with van der Waals surface area (Å²) in [6.45, 7) is 0.688. The number of nitrogens with one attached hydrogen (secondary N) is 2. The molecule has 5 nitrogen and oxygen atoms in total. The van der Waals surface area contributed by atoms with E-state index in [1.165, 1.54) is 37.7 Å². The maximum absolute atomic E-state index is 4.76. The lowest BCUT2D eigenvalue weighted by atomic mass is 9.96. The SMILES string of the molecule is Brc1ccccc1CNc1cc(-c2cccnc2)nc(NC2CCCCC2)n1. The van der Waals surface area contributed by atoms with E-state index in [1.54, 1.807) is 6.20 Å². The second-order valence-electron chi connectivity index (χ2n) is 7.13. The van der Waals surface area contributed by atoms with Gasteiger partial charge in [0.25, 0.3) is 0 Å². The summed E-state index contributed by atoms with van der Waals surface area (Å²) < 4.78 is 1.09. The van der Waals surface area contributed by atoms with Crippen LogP contribution in [0.5, 0.6) is 0 Å². The summed E-state index contributed by atoms with van der Waals surface area (Å²) in [5.41, 5.74) is 3.04. The number of hydrogen-bond acceptors (Lipinski definition) is 5. The number of aromatic nitrogens is 3. The number of pyridine rings is 1. The molecule has 2 N–H and O–H groups in total. The van der Waals surface area contributed by atoms with Crippen LogP contribution in [0.15, 0.2) is 59.3 Å². The first-order valence-corrected chi connectivity index (χ1v) is 10.6. The third-order valence-electron chi connectivity index (χ3n) is 5.04. The van der Waals surface area contributed by atoms with Gasteiger partial charge in [-0.15, -0.1) is 0 Å². The molecule has 144 valence electrons. The van der Waals surface area contributed by atoms with Crippen LogP contribution in [-0.2, 0) is 6.54 Å². The fraction of sp³-hybridized carbons (Fsp3) is 0.318. The first-order chi connectivity index (χ1) is 13.8. The zero-order valence-electron chi connectivity index (χ0n) is 15.7. The topological polar surface area (TPSA) is 62.7 Å². The van der Waals surface area contributed by atoms with Gasteiger partial charge in [-0.3, -0.25) is 4.98 Å². The van der Waals surface area contributed by atoms with Crippen molar-refractivity contribution in [1.82, 2.24) is 15.0 Å². The molecule has 4 rings (SSSR count). The van der Waals surface area contributed by atoms with Crippen molar-refractivity contribution >= 4 is 27.7 Å². The number of rotatable bonds is 6. The number of halogens is 1. The highest BCUT2D eigenvalue weighted by Gasteiger charge is 2.15. The molecule has 0 unspecified atom stereocenters. The van der Waals surface area contributed by atoms with Crippen molar-refractivity contribution in [2.45, 2.75) is 44.7 Å². The largest absolute Gasteiger partial charge is 0.366 e. The van der Waals surface area contributed by atoms with Crippen LogP contribution in [0.3, 0.4) is 0 Å². The smallest absolute Gasteiger partial charge is 0.225 e. The average molecular weight is 438 g/mol. The molecule has 3 aromatic rings. The Hall–Kier alpha value is -2.47. The highest BCUT2D eigenvalue weighted by molar-refractivity contribution is 9.10. The van der Waals surface area contributed by atoms with Crippen molar-refractivity contribution in [1.29, 1.82) is 0 Å². The molecule has 0 bridgehead atoms. The molecular formula is C22H24BrN5. The van der Waals surface area contributed by atoms with Gasteiger partial charge in [-0.25, -0.2) is 4.98 Å². The molecule has 1 aliphatic carbocycles. The number of nitrogens with zero attached hydrogens (tertiary/aromatic N) is 3. The maximum Gasteiger partial charge on any atom is 0.225 e. The summed E-state index contributed by atoms with van der Waals surface area (Å²) >= 11 is 3.61. The number of anilines is 2. The first kappa shape index (κ1) is 18.9. The standard InChI is InChI=1S/C22H24BrN5/c23-19-11-5-4-7-16(19)15-25-21-13-20(17-8-6-12-24-14-17)27-22(28-21)26-18-9-2-1-3-10-18/h4-8,11-14,18H,1-3,9-10,15H2,(H2,25,26,27,28). The predicted molar refractivity (Wildman–Crippen MR) is 117 cm³/mol. The van der Waals surface area contributed by atoms with E-state index in [-0.39, 0.29) is 0 Å². The minimum absolute atomic E-state index is 0.453. The lowest BCUT2D eigenvalue weighted by Crippen LogP contribution is -2.23. The van der Waals surface area contributed by atoms with Crippen LogP contribution in [-0.4, -0.2) is 21.0 Å². The Morgan fingerprint density at radius 1 is 1.00 bits per heavy atom. The van der Waals surface area contributed by atoms with E-state index in [9.17, 15) is 0 Å². The van der Waals surface area contributed by atoms with E-state index in [0.717, 1.165) is 21.5 Å². The van der Waals surface area contributed by atoms with E-state index in [0.29, 0.717) is 18.5 Å². The molecule has 6 heteroatoms. The molecule has 28 heavy (non-hydrogen) atoms. The maximum atomic E-state index is 4.76. The Balaban J connectivity index is 1.58. The Bertz CT molecular complexity index is 910. The van der Waals surface area contributed by atoms with Crippen molar-refractivity contribution in [3.8, 4) is 11.3 Å². The van der Waals surface area contributed by atoms with Crippen LogP contribution >= 0.6 is 15.9 Å². The normalized spacial score (nSPS) is 14.6. The van der Waals surface area contributed by atoms with Crippen LogP contribution in [0, 0.1) is 0 Å². The van der Waals surface area contributed by atoms with Gasteiger partial charge in [-0.2, -0.15) is 4.98 Å². The number of benzene rings is 1. The van der Waals surface area contributed by atoms with E-state index in [4.69, 9.17) is 9.97 Å². The summed E-state index contributed by atoms with van der Waals surface area (Å²) in [6.07, 6.45) is 9.84. The second kappa shape index (κ2) is 9.15. The summed E-state index contributed by atoms with van der Waals surface area (Å²) in [5, 5.41) is 7.00. The van der Waals surface area contributed by atoms with Gasteiger partial charge in [-0.1, -0.05) is 53.4 Å². The van der Waals surface area contributed by atoms with Gasteiger partial charge < -0.3 is 10.6 Å². The van der Waals surface area contributed by atoms with Crippen molar-refractivity contribution in [3.63, 3.8) is 0 Å². The molecule has 1 aliphatic rings. The van der Waals surface area contributed by atoms with Crippen LogP contribution in [0.25, 0.3) is 11.3 Å². The molecule has 1 aromatic carbocycles. The fourth-order valence-corrected chi connectivity index (χ4v) is 3.95. The minimum Gasteiger partial charge on any atom is -0.366 e. The van der Waals surface area contributed by atoms with E-state index >= 15 is 0 Å². The fourth-order valence-electron chi connectivity index (χ4n) is 3.52. The molecule has 2 heterocycles. The molecule has 0 spiro atoms. The molecule has 2 aromatic heterocycles. The molecule has 0 saturated heterocycles. The summed E-state index contributed by atoms with van der Waals surface area (Å²) in [5.74, 6) is 1.49. The second-order valence-corrected chi connectivity index (χ2v) is 7.98. The summed E-state index contributed by atoms with van der Waals surface area (Å²) in [7, 11) is 0. The Labute approximate surface area is 174 Å². The molecule has 0 atom stereocenters. The van der Waals surface area contributed by atoms with Gasteiger partial charge in [0.15, 0.2) is 0 Å². The summed E-state index contributed by atoms with van der Waals surface area (Å²) in [6, 6.07) is 14.6. The highest BCUT2D eigenvalue weighted by Crippen LogP contribution is 2.25. The van der Waals surface area contributed by atoms with Gasteiger partial charge in [-0.05, 0) is 36.6 Å². The van der Waals surface area contributed by atoms with E-state index in [2.05, 4.69) is 37.6 Å². The molecule has 1 fully saturated rings. The summed E-state index contributed by atoms with van der Waals surface area (Å²) in [4.78, 5) is 13.7. The first-order valence-electron chi connectivity index (χ1n) is 9.81. The number of hydrogen-bond donors (Lipinski definition) is 2. The highest BCUT2D eigenvalue weighted by atomic mass is 79.9. The Morgan fingerprint density at radius 3 is 2.64 bits per heavy atom. The molecule has 0 amide bonds. The molecular weight excluding hydrogens is 414 g/mol. The van der Waals surface area contributed by atoms with Crippen molar-refractivity contribution < 1.29 is 0 Å². The van der Waals surface area contributed by atoms with E-state index < -0.39 is 0 Å². The van der Waals surface area contributed by atoms with Gasteiger partial charge in [0.2, 0.25) is 5.95 Å². The van der Waals surface area contributed by atoms with E-state index in [1.807, 2.05) is 42.6 Å². The van der Waals surface area contributed by atoms with Gasteiger partial charge >= 0.3 is 0 Å².